The molecule has 2 aromatic rings. The molecule has 0 saturated carbocycles. The molecule has 1 fully saturated rings. The number of thioether (sulfide) groups is 1. The highest BCUT2D eigenvalue weighted by atomic mass is 32.2. The second-order valence-electron chi connectivity index (χ2n) is 5.36. The SMILES string of the molecule is O=C(O)CSc1n[nH]c(-c2ccc(N3CCCCC3)cc2F)n1. The summed E-state index contributed by atoms with van der Waals surface area (Å²) in [5.41, 5.74) is 1.21. The van der Waals surface area contributed by atoms with Gasteiger partial charge in [-0.2, -0.15) is 0 Å². The fraction of sp³-hybridized carbons (Fsp3) is 0.400. The van der Waals surface area contributed by atoms with E-state index in [0.717, 1.165) is 43.4 Å². The Hall–Kier alpha value is -2.09. The smallest absolute Gasteiger partial charge is 0.313 e. The highest BCUT2D eigenvalue weighted by molar-refractivity contribution is 7.99. The number of nitrogens with zero attached hydrogens (tertiary/aromatic N) is 3. The Labute approximate surface area is 137 Å². The fourth-order valence-corrected chi connectivity index (χ4v) is 3.12. The van der Waals surface area contributed by atoms with Gasteiger partial charge < -0.3 is 10.0 Å². The molecule has 1 aliphatic heterocycles. The zero-order valence-corrected chi connectivity index (χ0v) is 13.3. The van der Waals surface area contributed by atoms with Gasteiger partial charge in [-0.05, 0) is 37.5 Å². The molecule has 0 spiro atoms. The number of H-pyrrole nitrogens is 1. The van der Waals surface area contributed by atoms with Crippen LogP contribution in [0.5, 0.6) is 0 Å². The maximum atomic E-state index is 14.4. The van der Waals surface area contributed by atoms with Gasteiger partial charge >= 0.3 is 5.97 Å². The summed E-state index contributed by atoms with van der Waals surface area (Å²) in [4.78, 5) is 16.9. The first-order valence-corrected chi connectivity index (χ1v) is 8.44. The van der Waals surface area contributed by atoms with Crippen LogP contribution in [0.2, 0.25) is 0 Å². The van der Waals surface area contributed by atoms with Crippen LogP contribution in [-0.4, -0.2) is 45.1 Å². The molecule has 2 N–H and O–H groups in total. The van der Waals surface area contributed by atoms with Gasteiger partial charge in [0, 0.05) is 18.8 Å². The Balaban J connectivity index is 1.76. The normalized spacial score (nSPS) is 14.9. The number of nitrogens with one attached hydrogen (secondary N) is 1. The molecule has 0 radical (unpaired) electrons. The van der Waals surface area contributed by atoms with Crippen LogP contribution in [0.3, 0.4) is 0 Å². The van der Waals surface area contributed by atoms with Gasteiger partial charge in [-0.25, -0.2) is 9.37 Å². The van der Waals surface area contributed by atoms with Crippen LogP contribution in [0.25, 0.3) is 11.4 Å². The van der Waals surface area contributed by atoms with Crippen molar-refractivity contribution in [1.82, 2.24) is 15.2 Å². The minimum absolute atomic E-state index is 0.131. The van der Waals surface area contributed by atoms with Crippen LogP contribution < -0.4 is 4.90 Å². The summed E-state index contributed by atoms with van der Waals surface area (Å²) in [5.74, 6) is -1.13. The second-order valence-corrected chi connectivity index (χ2v) is 6.30. The number of aromatic nitrogens is 3. The summed E-state index contributed by atoms with van der Waals surface area (Å²) in [6, 6.07) is 5.09. The van der Waals surface area contributed by atoms with E-state index in [4.69, 9.17) is 5.11 Å². The number of piperidine rings is 1. The van der Waals surface area contributed by atoms with Crippen molar-refractivity contribution in [2.24, 2.45) is 0 Å². The molecule has 0 unspecified atom stereocenters. The first kappa shape index (κ1) is 15.8. The summed E-state index contributed by atoms with van der Waals surface area (Å²) in [5, 5.41) is 15.5. The first-order valence-electron chi connectivity index (χ1n) is 7.45. The monoisotopic (exact) mass is 336 g/mol. The molecule has 0 amide bonds. The molecule has 23 heavy (non-hydrogen) atoms. The van der Waals surface area contributed by atoms with Crippen molar-refractivity contribution in [2.45, 2.75) is 24.4 Å². The summed E-state index contributed by atoms with van der Waals surface area (Å²) in [7, 11) is 0. The Morgan fingerprint density at radius 2 is 2.13 bits per heavy atom. The number of carboxylic acid groups (broad SMARTS) is 1. The van der Waals surface area contributed by atoms with E-state index in [-0.39, 0.29) is 11.6 Å². The number of carbonyl (C=O) groups is 1. The number of carboxylic acids is 1. The van der Waals surface area contributed by atoms with E-state index in [1.807, 2.05) is 6.07 Å². The molecule has 6 nitrogen and oxygen atoms in total. The van der Waals surface area contributed by atoms with Gasteiger partial charge in [0.15, 0.2) is 5.82 Å². The molecule has 0 bridgehead atoms. The molecule has 122 valence electrons. The zero-order chi connectivity index (χ0) is 16.2. The lowest BCUT2D eigenvalue weighted by molar-refractivity contribution is -0.133. The number of hydrogen-bond acceptors (Lipinski definition) is 5. The molecular formula is C15H17FN4O2S. The summed E-state index contributed by atoms with van der Waals surface area (Å²) in [6.07, 6.45) is 3.50. The van der Waals surface area contributed by atoms with Crippen LogP contribution in [0.15, 0.2) is 23.4 Å². The Morgan fingerprint density at radius 1 is 1.35 bits per heavy atom. The van der Waals surface area contributed by atoms with Crippen molar-refractivity contribution < 1.29 is 14.3 Å². The Morgan fingerprint density at radius 3 is 2.83 bits per heavy atom. The summed E-state index contributed by atoms with van der Waals surface area (Å²) < 4.78 is 14.4. The molecule has 1 aromatic carbocycles. The van der Waals surface area contributed by atoms with Gasteiger partial charge in [0.1, 0.15) is 5.82 Å². The molecule has 0 aliphatic carbocycles. The van der Waals surface area contributed by atoms with Crippen LogP contribution in [0, 0.1) is 5.82 Å². The van der Waals surface area contributed by atoms with Gasteiger partial charge in [0.2, 0.25) is 5.16 Å². The van der Waals surface area contributed by atoms with Crippen molar-refractivity contribution in [2.75, 3.05) is 23.7 Å². The number of rotatable bonds is 5. The molecule has 0 atom stereocenters. The fourth-order valence-electron chi connectivity index (χ4n) is 2.60. The number of anilines is 1. The van der Waals surface area contributed by atoms with Crippen molar-refractivity contribution in [3.63, 3.8) is 0 Å². The number of hydrogen-bond donors (Lipinski definition) is 2. The van der Waals surface area contributed by atoms with Crippen LogP contribution in [0.1, 0.15) is 19.3 Å². The third-order valence-corrected chi connectivity index (χ3v) is 4.55. The van der Waals surface area contributed by atoms with E-state index in [1.54, 1.807) is 6.07 Å². The van der Waals surface area contributed by atoms with Gasteiger partial charge in [-0.3, -0.25) is 9.89 Å². The average Bonchev–Trinajstić information content (AvgIpc) is 3.02. The largest absolute Gasteiger partial charge is 0.481 e. The van der Waals surface area contributed by atoms with Crippen molar-refractivity contribution in [3.8, 4) is 11.4 Å². The molecule has 8 heteroatoms. The summed E-state index contributed by atoms with van der Waals surface area (Å²) >= 11 is 0.992. The molecule has 3 rings (SSSR count). The molecule has 1 saturated heterocycles. The number of aliphatic carboxylic acids is 1. The van der Waals surface area contributed by atoms with E-state index >= 15 is 0 Å². The van der Waals surface area contributed by atoms with E-state index in [2.05, 4.69) is 20.1 Å². The topological polar surface area (TPSA) is 82.1 Å². The highest BCUT2D eigenvalue weighted by Gasteiger charge is 2.16. The maximum Gasteiger partial charge on any atom is 0.313 e. The Kier molecular flexibility index (Phi) is 4.80. The average molecular weight is 336 g/mol. The van der Waals surface area contributed by atoms with Crippen LogP contribution >= 0.6 is 11.8 Å². The Bertz CT molecular complexity index is 701. The number of benzene rings is 1. The van der Waals surface area contributed by atoms with Crippen molar-refractivity contribution in [1.29, 1.82) is 0 Å². The number of halogens is 1. The lowest BCUT2D eigenvalue weighted by Crippen LogP contribution is -2.29. The molecule has 1 aromatic heterocycles. The number of aromatic amines is 1. The maximum absolute atomic E-state index is 14.4. The second kappa shape index (κ2) is 6.99. The van der Waals surface area contributed by atoms with Crippen LogP contribution in [0.4, 0.5) is 10.1 Å². The van der Waals surface area contributed by atoms with Gasteiger partial charge in [-0.1, -0.05) is 11.8 Å². The lowest BCUT2D eigenvalue weighted by Gasteiger charge is -2.28. The molecule has 2 heterocycles. The highest BCUT2D eigenvalue weighted by Crippen LogP contribution is 2.27. The van der Waals surface area contributed by atoms with Crippen molar-refractivity contribution in [3.05, 3.63) is 24.0 Å². The van der Waals surface area contributed by atoms with Crippen LogP contribution in [-0.2, 0) is 4.79 Å². The van der Waals surface area contributed by atoms with Gasteiger partial charge in [0.25, 0.3) is 0 Å². The minimum atomic E-state index is -0.946. The minimum Gasteiger partial charge on any atom is -0.481 e. The van der Waals surface area contributed by atoms with Gasteiger partial charge in [-0.15, -0.1) is 5.10 Å². The predicted molar refractivity (Wildman–Crippen MR) is 86.2 cm³/mol. The van der Waals surface area contributed by atoms with E-state index in [1.165, 1.54) is 12.5 Å². The third kappa shape index (κ3) is 3.82. The van der Waals surface area contributed by atoms with E-state index in [9.17, 15) is 9.18 Å². The van der Waals surface area contributed by atoms with Crippen molar-refractivity contribution >= 4 is 23.4 Å². The van der Waals surface area contributed by atoms with Gasteiger partial charge in [0.05, 0.1) is 11.3 Å². The first-order chi connectivity index (χ1) is 11.1. The molecule has 1 aliphatic rings. The summed E-state index contributed by atoms with van der Waals surface area (Å²) in [6.45, 7) is 1.91. The van der Waals surface area contributed by atoms with E-state index < -0.39 is 5.97 Å². The zero-order valence-electron chi connectivity index (χ0n) is 12.5. The van der Waals surface area contributed by atoms with E-state index in [0.29, 0.717) is 16.5 Å². The molecular weight excluding hydrogens is 319 g/mol. The third-order valence-electron chi connectivity index (χ3n) is 3.72. The predicted octanol–water partition coefficient (Wildman–Crippen LogP) is 2.78. The lowest BCUT2D eigenvalue weighted by atomic mass is 10.1. The quantitative estimate of drug-likeness (QED) is 0.817. The standard InChI is InChI=1S/C15H17FN4O2S/c16-12-8-10(20-6-2-1-3-7-20)4-5-11(12)14-17-15(19-18-14)23-9-13(21)22/h4-5,8H,1-3,6-7,9H2,(H,21,22)(H,17,18,19).